The normalized spacial score (nSPS) is 12.1. The first-order valence-corrected chi connectivity index (χ1v) is 11.6. The van der Waals surface area contributed by atoms with Gasteiger partial charge in [-0.25, -0.2) is 8.42 Å². The third kappa shape index (κ3) is 6.04. The van der Waals surface area contributed by atoms with Crippen LogP contribution < -0.4 is 14.8 Å². The summed E-state index contributed by atoms with van der Waals surface area (Å²) >= 11 is 17.8. The number of sulfonamides is 1. The van der Waals surface area contributed by atoms with Crippen molar-refractivity contribution in [3.63, 3.8) is 0 Å². The van der Waals surface area contributed by atoms with E-state index in [1.54, 1.807) is 43.3 Å². The number of hydrogen-bond donors (Lipinski definition) is 2. The van der Waals surface area contributed by atoms with Crippen molar-refractivity contribution >= 4 is 62.1 Å². The van der Waals surface area contributed by atoms with Gasteiger partial charge in [-0.2, -0.15) is 0 Å². The Kier molecular flexibility index (Phi) is 7.33. The third-order valence-corrected chi connectivity index (χ3v) is 6.58. The van der Waals surface area contributed by atoms with Gasteiger partial charge in [0.1, 0.15) is 5.75 Å². The number of amides is 1. The van der Waals surface area contributed by atoms with Gasteiger partial charge in [-0.3, -0.25) is 9.52 Å². The second-order valence-electron chi connectivity index (χ2n) is 6.43. The molecule has 0 radical (unpaired) electrons. The molecule has 0 saturated carbocycles. The lowest BCUT2D eigenvalue weighted by Crippen LogP contribution is -2.30. The summed E-state index contributed by atoms with van der Waals surface area (Å²) in [6, 6.07) is 16.9. The van der Waals surface area contributed by atoms with Crippen LogP contribution in [0.1, 0.15) is 6.92 Å². The number of benzene rings is 3. The lowest BCUT2D eigenvalue weighted by atomic mass is 10.3. The van der Waals surface area contributed by atoms with Crippen molar-refractivity contribution < 1.29 is 17.9 Å². The van der Waals surface area contributed by atoms with Crippen LogP contribution in [0.25, 0.3) is 0 Å². The van der Waals surface area contributed by atoms with E-state index in [0.29, 0.717) is 16.5 Å². The molecule has 0 saturated heterocycles. The highest BCUT2D eigenvalue weighted by Gasteiger charge is 2.18. The molecule has 0 aliphatic heterocycles. The number of nitrogens with one attached hydrogen (secondary N) is 2. The molecular weight excluding hydrogens is 483 g/mol. The van der Waals surface area contributed by atoms with Gasteiger partial charge >= 0.3 is 0 Å². The minimum Gasteiger partial charge on any atom is -0.481 e. The predicted octanol–water partition coefficient (Wildman–Crippen LogP) is 5.85. The smallest absolute Gasteiger partial charge is 0.265 e. The van der Waals surface area contributed by atoms with Crippen LogP contribution in [0.4, 0.5) is 11.4 Å². The standard InChI is InChI=1S/C21H17Cl3N2O4S/c1-13(30-16-9-5-14(22)6-10-16)21(27)25-15-7-11-17(12-8-15)31(28,29)26-19-4-2-3-18(23)20(19)24/h2-13,26H,1H3,(H,25,27)/t13-/m0/s1. The van der Waals surface area contributed by atoms with Gasteiger partial charge in [-0.05, 0) is 67.6 Å². The van der Waals surface area contributed by atoms with E-state index in [4.69, 9.17) is 39.5 Å². The number of ether oxygens (including phenoxy) is 1. The molecule has 0 unspecified atom stereocenters. The fourth-order valence-corrected chi connectivity index (χ4v) is 4.12. The zero-order chi connectivity index (χ0) is 22.6. The number of carbonyl (C=O) groups excluding carboxylic acids is 1. The van der Waals surface area contributed by atoms with Crippen molar-refractivity contribution in [1.29, 1.82) is 0 Å². The molecule has 0 spiro atoms. The Morgan fingerprint density at radius 1 is 0.935 bits per heavy atom. The van der Waals surface area contributed by atoms with E-state index in [9.17, 15) is 13.2 Å². The molecule has 0 aliphatic rings. The largest absolute Gasteiger partial charge is 0.481 e. The van der Waals surface area contributed by atoms with Crippen LogP contribution in [0.2, 0.25) is 15.1 Å². The van der Waals surface area contributed by atoms with Gasteiger partial charge in [0.2, 0.25) is 0 Å². The number of anilines is 2. The second-order valence-corrected chi connectivity index (χ2v) is 9.34. The third-order valence-electron chi connectivity index (χ3n) is 4.12. The highest BCUT2D eigenvalue weighted by molar-refractivity contribution is 7.92. The molecule has 3 rings (SSSR count). The van der Waals surface area contributed by atoms with Crippen molar-refractivity contribution in [3.8, 4) is 5.75 Å². The van der Waals surface area contributed by atoms with E-state index in [-0.39, 0.29) is 20.6 Å². The topological polar surface area (TPSA) is 84.5 Å². The van der Waals surface area contributed by atoms with E-state index < -0.39 is 22.0 Å². The molecule has 0 bridgehead atoms. The Morgan fingerprint density at radius 3 is 2.23 bits per heavy atom. The van der Waals surface area contributed by atoms with Crippen LogP contribution in [-0.2, 0) is 14.8 Å². The molecule has 0 fully saturated rings. The molecule has 10 heteroatoms. The van der Waals surface area contributed by atoms with Crippen LogP contribution in [0.5, 0.6) is 5.75 Å². The molecule has 3 aromatic carbocycles. The first-order valence-electron chi connectivity index (χ1n) is 8.96. The molecule has 0 aliphatic carbocycles. The van der Waals surface area contributed by atoms with E-state index in [0.717, 1.165) is 0 Å². The number of carbonyl (C=O) groups is 1. The Bertz CT molecular complexity index is 1180. The summed E-state index contributed by atoms with van der Waals surface area (Å²) in [6.45, 7) is 1.60. The lowest BCUT2D eigenvalue weighted by Gasteiger charge is -2.15. The molecule has 1 atom stereocenters. The fourth-order valence-electron chi connectivity index (χ4n) is 2.52. The zero-order valence-electron chi connectivity index (χ0n) is 16.1. The molecular formula is C21H17Cl3N2O4S. The SMILES string of the molecule is C[C@H](Oc1ccc(Cl)cc1)C(=O)Nc1ccc(S(=O)(=O)Nc2cccc(Cl)c2Cl)cc1. The van der Waals surface area contributed by atoms with Crippen molar-refractivity contribution in [3.05, 3.63) is 81.8 Å². The molecule has 2 N–H and O–H groups in total. The predicted molar refractivity (Wildman–Crippen MR) is 124 cm³/mol. The van der Waals surface area contributed by atoms with Gasteiger partial charge in [0.15, 0.2) is 6.10 Å². The molecule has 31 heavy (non-hydrogen) atoms. The molecule has 6 nitrogen and oxygen atoms in total. The molecule has 1 amide bonds. The number of rotatable bonds is 7. The van der Waals surface area contributed by atoms with Crippen LogP contribution in [0.3, 0.4) is 0 Å². The monoisotopic (exact) mass is 498 g/mol. The molecule has 0 aromatic heterocycles. The lowest BCUT2D eigenvalue weighted by molar-refractivity contribution is -0.122. The maximum atomic E-state index is 12.6. The maximum absolute atomic E-state index is 12.6. The first kappa shape index (κ1) is 23.2. The summed E-state index contributed by atoms with van der Waals surface area (Å²) < 4.78 is 33.2. The van der Waals surface area contributed by atoms with Gasteiger partial charge in [0, 0.05) is 10.7 Å². The zero-order valence-corrected chi connectivity index (χ0v) is 19.2. The highest BCUT2D eigenvalue weighted by Crippen LogP contribution is 2.31. The van der Waals surface area contributed by atoms with Gasteiger partial charge in [0.25, 0.3) is 15.9 Å². The van der Waals surface area contributed by atoms with Gasteiger partial charge in [0.05, 0.1) is 20.6 Å². The minimum atomic E-state index is -3.90. The quantitative estimate of drug-likeness (QED) is 0.427. The fraction of sp³-hybridized carbons (Fsp3) is 0.0952. The highest BCUT2D eigenvalue weighted by atomic mass is 35.5. The van der Waals surface area contributed by atoms with E-state index in [1.165, 1.54) is 30.3 Å². The summed E-state index contributed by atoms with van der Waals surface area (Å²) in [5.74, 6) is 0.105. The number of halogens is 3. The van der Waals surface area contributed by atoms with E-state index in [2.05, 4.69) is 10.0 Å². The maximum Gasteiger partial charge on any atom is 0.265 e. The molecule has 0 heterocycles. The Balaban J connectivity index is 1.65. The average molecular weight is 500 g/mol. The van der Waals surface area contributed by atoms with Gasteiger partial charge in [-0.1, -0.05) is 40.9 Å². The van der Waals surface area contributed by atoms with Crippen LogP contribution >= 0.6 is 34.8 Å². The second kappa shape index (κ2) is 9.78. The van der Waals surface area contributed by atoms with Crippen molar-refractivity contribution in [2.24, 2.45) is 0 Å². The first-order chi connectivity index (χ1) is 14.7. The van der Waals surface area contributed by atoms with Crippen LogP contribution in [0, 0.1) is 0 Å². The van der Waals surface area contributed by atoms with Crippen LogP contribution in [-0.4, -0.2) is 20.4 Å². The summed E-state index contributed by atoms with van der Waals surface area (Å²) in [6.07, 6.45) is -0.781. The van der Waals surface area contributed by atoms with Crippen LogP contribution in [0.15, 0.2) is 71.6 Å². The summed E-state index contributed by atoms with van der Waals surface area (Å²) in [4.78, 5) is 12.3. The Labute approximate surface area is 195 Å². The van der Waals surface area contributed by atoms with Crippen molar-refractivity contribution in [2.75, 3.05) is 10.0 Å². The Morgan fingerprint density at radius 2 is 1.58 bits per heavy atom. The molecule has 3 aromatic rings. The average Bonchev–Trinajstić information content (AvgIpc) is 2.73. The van der Waals surface area contributed by atoms with Crippen molar-refractivity contribution in [2.45, 2.75) is 17.9 Å². The summed E-state index contributed by atoms with van der Waals surface area (Å²) in [5, 5.41) is 3.57. The Hall–Kier alpha value is -2.45. The van der Waals surface area contributed by atoms with Gasteiger partial charge in [-0.15, -0.1) is 0 Å². The van der Waals surface area contributed by atoms with E-state index in [1.807, 2.05) is 0 Å². The van der Waals surface area contributed by atoms with E-state index >= 15 is 0 Å². The van der Waals surface area contributed by atoms with Gasteiger partial charge < -0.3 is 10.1 Å². The summed E-state index contributed by atoms with van der Waals surface area (Å²) in [5.41, 5.74) is 0.580. The number of hydrogen-bond acceptors (Lipinski definition) is 4. The van der Waals surface area contributed by atoms with Crippen molar-refractivity contribution in [1.82, 2.24) is 0 Å². The molecule has 162 valence electrons. The minimum absolute atomic E-state index is 0.00740. The summed E-state index contributed by atoms with van der Waals surface area (Å²) in [7, 11) is -3.90.